The monoisotopic (exact) mass is 741 g/mol. The van der Waals surface area contributed by atoms with Crippen LogP contribution in [0.1, 0.15) is 31.8 Å². The van der Waals surface area contributed by atoms with Crippen molar-refractivity contribution in [2.45, 2.75) is 22.6 Å². The number of carbonyl (C=O) groups is 2. The van der Waals surface area contributed by atoms with Gasteiger partial charge in [-0.2, -0.15) is 13.7 Å². The van der Waals surface area contributed by atoms with Crippen LogP contribution >= 0.6 is 11.8 Å². The summed E-state index contributed by atoms with van der Waals surface area (Å²) >= 11 is 1.59. The number of nitrogens with zero attached hydrogens (tertiary/aromatic N) is 6. The smallest absolute Gasteiger partial charge is 0.343 e. The molecule has 0 saturated carbocycles. The Bertz CT molecular complexity index is 2260. The second-order valence-electron chi connectivity index (χ2n) is 13.5. The van der Waals surface area contributed by atoms with E-state index in [1.807, 2.05) is 162 Å². The van der Waals surface area contributed by atoms with Crippen LogP contribution in [0.25, 0.3) is 17.1 Å². The van der Waals surface area contributed by atoms with E-state index in [2.05, 4.69) is 12.1 Å². The second kappa shape index (κ2) is 16.2. The van der Waals surface area contributed by atoms with E-state index in [0.29, 0.717) is 29.8 Å². The zero-order valence-electron chi connectivity index (χ0n) is 31.3. The summed E-state index contributed by atoms with van der Waals surface area (Å²) in [5.41, 5.74) is 6.90. The normalized spacial score (nSPS) is 10.9. The van der Waals surface area contributed by atoms with Crippen molar-refractivity contribution in [3.8, 4) is 17.1 Å². The third-order valence-corrected chi connectivity index (χ3v) is 10.4. The fraction of sp³-hybridized carbons (Fsp3) is 0.186. The third kappa shape index (κ3) is 8.06. The number of benzene rings is 3. The van der Waals surface area contributed by atoms with Crippen LogP contribution < -0.4 is 28.4 Å². The van der Waals surface area contributed by atoms with Crippen LogP contribution in [-0.2, 0) is 12.8 Å². The average Bonchev–Trinajstić information content (AvgIpc) is 3.17. The summed E-state index contributed by atoms with van der Waals surface area (Å²) in [6.45, 7) is 0. The minimum Gasteiger partial charge on any atom is -0.478 e. The highest BCUT2D eigenvalue weighted by Gasteiger charge is 2.42. The lowest BCUT2D eigenvalue weighted by Crippen LogP contribution is -2.44. The van der Waals surface area contributed by atoms with Crippen LogP contribution in [0.2, 0.25) is 0 Å². The molecule has 3 aromatic carbocycles. The van der Waals surface area contributed by atoms with Gasteiger partial charge in [0.2, 0.25) is 5.69 Å². The molecule has 0 aliphatic rings. The van der Waals surface area contributed by atoms with Crippen LogP contribution in [0.4, 0.5) is 17.1 Å². The molecule has 0 radical (unpaired) electrons. The van der Waals surface area contributed by atoms with Crippen LogP contribution in [0.5, 0.6) is 0 Å². The third-order valence-electron chi connectivity index (χ3n) is 9.28. The maximum atomic E-state index is 13.9. The van der Waals surface area contributed by atoms with E-state index in [-0.39, 0.29) is 11.1 Å². The molecule has 6 aromatic rings. The van der Waals surface area contributed by atoms with E-state index in [1.54, 1.807) is 36.0 Å². The number of pyridine rings is 3. The van der Waals surface area contributed by atoms with E-state index in [9.17, 15) is 19.8 Å². The molecular formula is C43H45N6O4S+3. The molecule has 0 bridgehead atoms. The summed E-state index contributed by atoms with van der Waals surface area (Å²) in [7, 11) is 11.9. The molecule has 0 aliphatic carbocycles. The highest BCUT2D eigenvalue weighted by molar-refractivity contribution is 7.99. The average molecular weight is 742 g/mol. The molecule has 10 nitrogen and oxygen atoms in total. The summed E-state index contributed by atoms with van der Waals surface area (Å²) < 4.78 is 5.94. The van der Waals surface area contributed by atoms with Crippen molar-refractivity contribution in [2.75, 3.05) is 57.0 Å². The molecule has 6 rings (SSSR count). The Morgan fingerprint density at radius 3 is 1.41 bits per heavy atom. The van der Waals surface area contributed by atoms with Gasteiger partial charge in [-0.1, -0.05) is 42.1 Å². The van der Waals surface area contributed by atoms with Crippen molar-refractivity contribution in [1.29, 1.82) is 0 Å². The first-order valence-corrected chi connectivity index (χ1v) is 18.3. The highest BCUT2D eigenvalue weighted by atomic mass is 32.2. The number of carboxylic acid groups (broad SMARTS) is 2. The molecule has 3 aromatic heterocycles. The van der Waals surface area contributed by atoms with Crippen molar-refractivity contribution < 1.29 is 33.5 Å². The van der Waals surface area contributed by atoms with Crippen molar-refractivity contribution in [3.63, 3.8) is 0 Å². The summed E-state index contributed by atoms with van der Waals surface area (Å²) in [6, 6.07) is 28.9. The van der Waals surface area contributed by atoms with E-state index >= 15 is 0 Å². The first-order valence-electron chi connectivity index (χ1n) is 17.5. The van der Waals surface area contributed by atoms with Gasteiger partial charge in [0, 0.05) is 106 Å². The van der Waals surface area contributed by atoms with Gasteiger partial charge in [-0.3, -0.25) is 0 Å². The van der Waals surface area contributed by atoms with Gasteiger partial charge >= 0.3 is 17.6 Å². The van der Waals surface area contributed by atoms with Crippen molar-refractivity contribution in [1.82, 2.24) is 0 Å². The number of aryl methyl sites for hydroxylation is 1. The lowest BCUT2D eigenvalue weighted by atomic mass is 9.94. The van der Waals surface area contributed by atoms with E-state index in [4.69, 9.17) is 0 Å². The van der Waals surface area contributed by atoms with Crippen LogP contribution in [0, 0.1) is 0 Å². The molecule has 0 saturated heterocycles. The van der Waals surface area contributed by atoms with Crippen molar-refractivity contribution in [3.05, 3.63) is 150 Å². The molecule has 0 fully saturated rings. The number of hydrogen-bond donors (Lipinski definition) is 2. The quantitative estimate of drug-likeness (QED) is 0.138. The fourth-order valence-electron chi connectivity index (χ4n) is 6.36. The van der Waals surface area contributed by atoms with Crippen LogP contribution in [0.3, 0.4) is 0 Å². The first-order chi connectivity index (χ1) is 25.9. The number of carboxylic acids is 2. The summed E-state index contributed by atoms with van der Waals surface area (Å²) in [4.78, 5) is 33.5. The largest absolute Gasteiger partial charge is 0.478 e. The molecule has 0 amide bonds. The standard InChI is InChI=1S/C43H43N6O4S/c1-44(2)32-18-24-47(25-19-32)38-36(17-14-30-12-15-31(16-13-30)42(50)51)37(43(52)53)39(48-26-20-33(21-27-48)45(3)4)40(41(38)54-35-10-8-7-9-11-35)49-28-22-34(23-29-49)46(5)6/h7-13,15-16,18-29H,14,17H2,1-6H3/q+1/p+2. The van der Waals surface area contributed by atoms with Crippen molar-refractivity contribution >= 4 is 40.8 Å². The van der Waals surface area contributed by atoms with Gasteiger partial charge in [0.25, 0.3) is 5.69 Å². The van der Waals surface area contributed by atoms with Gasteiger partial charge in [0.15, 0.2) is 42.1 Å². The van der Waals surface area contributed by atoms with Gasteiger partial charge in [0.05, 0.1) is 5.56 Å². The number of anilines is 3. The lowest BCUT2D eigenvalue weighted by molar-refractivity contribution is -0.637. The van der Waals surface area contributed by atoms with E-state index in [1.165, 1.54) is 0 Å². The van der Waals surface area contributed by atoms with Crippen LogP contribution in [0.15, 0.2) is 138 Å². The van der Waals surface area contributed by atoms with E-state index in [0.717, 1.165) is 38.1 Å². The molecular weight excluding hydrogens is 697 g/mol. The zero-order chi connectivity index (χ0) is 38.5. The predicted molar refractivity (Wildman–Crippen MR) is 212 cm³/mol. The Kier molecular flexibility index (Phi) is 11.3. The first kappa shape index (κ1) is 37.6. The molecule has 3 heterocycles. The number of rotatable bonds is 13. The molecule has 54 heavy (non-hydrogen) atoms. The highest BCUT2D eigenvalue weighted by Crippen LogP contribution is 2.41. The van der Waals surface area contributed by atoms with Gasteiger partial charge in [-0.25, -0.2) is 9.59 Å². The zero-order valence-corrected chi connectivity index (χ0v) is 32.2. The Labute approximate surface area is 320 Å². The number of aromatic nitrogens is 3. The second-order valence-corrected chi connectivity index (χ2v) is 14.6. The molecule has 11 heteroatoms. The predicted octanol–water partition coefficient (Wildman–Crippen LogP) is 6.05. The molecule has 274 valence electrons. The van der Waals surface area contributed by atoms with Gasteiger partial charge < -0.3 is 24.9 Å². The Balaban J connectivity index is 1.74. The van der Waals surface area contributed by atoms with Gasteiger partial charge in [-0.05, 0) is 42.7 Å². The number of hydrogen-bond acceptors (Lipinski definition) is 6. The molecule has 0 aliphatic heterocycles. The molecule has 2 N–H and O–H groups in total. The minimum absolute atomic E-state index is 0.176. The minimum atomic E-state index is -1.06. The fourth-order valence-corrected chi connectivity index (χ4v) is 7.51. The maximum absolute atomic E-state index is 13.9. The van der Waals surface area contributed by atoms with E-state index < -0.39 is 11.9 Å². The summed E-state index contributed by atoms with van der Waals surface area (Å²) in [5.74, 6) is -2.05. The lowest BCUT2D eigenvalue weighted by Gasteiger charge is -2.18. The Morgan fingerprint density at radius 1 is 0.537 bits per heavy atom. The molecule has 0 atom stereocenters. The molecule has 0 spiro atoms. The molecule has 0 unspecified atom stereocenters. The SMILES string of the molecule is CN(C)c1cc[n+](-c2c(CCc3ccc(C(=O)O)cc3)c(C(=O)O)c(-[n+]3ccc(N(C)C)cc3)c(-[n+]3ccc(N(C)C)cc3)c2Sc2ccccc2)cc1. The summed E-state index contributed by atoms with van der Waals surface area (Å²) in [5, 5.41) is 20.9. The van der Waals surface area contributed by atoms with Crippen molar-refractivity contribution in [2.24, 2.45) is 0 Å². The summed E-state index contributed by atoms with van der Waals surface area (Å²) in [6.07, 6.45) is 12.6. The van der Waals surface area contributed by atoms with Gasteiger partial charge in [-0.15, -0.1) is 0 Å². The Morgan fingerprint density at radius 2 is 0.981 bits per heavy atom. The van der Waals surface area contributed by atoms with Crippen LogP contribution in [-0.4, -0.2) is 64.4 Å². The number of aromatic carboxylic acids is 2. The topological polar surface area (TPSA) is 96.0 Å². The maximum Gasteiger partial charge on any atom is 0.343 e. The Hall–Kier alpha value is -6.20. The van der Waals surface area contributed by atoms with Gasteiger partial charge in [0.1, 0.15) is 5.56 Å².